The third kappa shape index (κ3) is 2.27. The minimum Gasteiger partial charge on any atom is -0.478 e. The minimum atomic E-state index is -1.07. The molecule has 1 unspecified atom stereocenters. The second kappa shape index (κ2) is 5.17. The van der Waals surface area contributed by atoms with E-state index in [0.29, 0.717) is 21.9 Å². The molecular formula is C17H15NO5. The second-order valence-electron chi connectivity index (χ2n) is 5.75. The zero-order valence-electron chi connectivity index (χ0n) is 12.7. The Labute approximate surface area is 131 Å². The molecule has 118 valence electrons. The van der Waals surface area contributed by atoms with Crippen molar-refractivity contribution >= 4 is 28.6 Å². The normalized spacial score (nSPS) is 15.2. The van der Waals surface area contributed by atoms with E-state index in [9.17, 15) is 19.5 Å². The number of benzene rings is 2. The van der Waals surface area contributed by atoms with Gasteiger partial charge in [-0.15, -0.1) is 0 Å². The number of rotatable bonds is 3. The van der Waals surface area contributed by atoms with Crippen LogP contribution in [0.15, 0.2) is 24.3 Å². The number of fused-ring (bicyclic) bond motifs is 3. The van der Waals surface area contributed by atoms with Gasteiger partial charge >= 0.3 is 5.97 Å². The molecule has 0 radical (unpaired) electrons. The Bertz CT molecular complexity index is 869. The Hall–Kier alpha value is -2.73. The summed E-state index contributed by atoms with van der Waals surface area (Å²) in [6.07, 6.45) is -0.476. The summed E-state index contributed by atoms with van der Waals surface area (Å²) in [6.45, 7) is 1.59. The number of amides is 2. The number of carbonyl (C=O) groups excluding carboxylic acids is 2. The number of imide groups is 1. The van der Waals surface area contributed by atoms with Gasteiger partial charge in [0, 0.05) is 7.05 Å². The first-order chi connectivity index (χ1) is 10.8. The molecule has 6 heteroatoms. The number of hydrogen-bond donors (Lipinski definition) is 2. The summed E-state index contributed by atoms with van der Waals surface area (Å²) >= 11 is 0. The van der Waals surface area contributed by atoms with Gasteiger partial charge in [-0.25, -0.2) is 4.79 Å². The summed E-state index contributed by atoms with van der Waals surface area (Å²) in [7, 11) is 1.41. The first-order valence-electron chi connectivity index (χ1n) is 7.14. The van der Waals surface area contributed by atoms with Crippen molar-refractivity contribution in [2.75, 3.05) is 7.05 Å². The molecular weight excluding hydrogens is 298 g/mol. The van der Waals surface area contributed by atoms with E-state index in [1.807, 2.05) is 0 Å². The summed E-state index contributed by atoms with van der Waals surface area (Å²) in [5.41, 5.74) is 1.23. The lowest BCUT2D eigenvalue weighted by molar-refractivity contribution is 0.0682. The maximum Gasteiger partial charge on any atom is 0.335 e. The van der Waals surface area contributed by atoms with Crippen LogP contribution in [0.5, 0.6) is 0 Å². The van der Waals surface area contributed by atoms with Gasteiger partial charge in [0.25, 0.3) is 11.8 Å². The Morgan fingerprint density at radius 3 is 2.43 bits per heavy atom. The predicted octanol–water partition coefficient (Wildman–Crippen LogP) is 1.69. The van der Waals surface area contributed by atoms with E-state index < -0.39 is 23.9 Å². The van der Waals surface area contributed by atoms with Crippen LogP contribution in [0, 0.1) is 0 Å². The van der Waals surface area contributed by atoms with Crippen molar-refractivity contribution in [2.45, 2.75) is 19.4 Å². The molecule has 2 amide bonds. The van der Waals surface area contributed by atoms with Gasteiger partial charge in [-0.05, 0) is 41.8 Å². The van der Waals surface area contributed by atoms with Crippen LogP contribution in [0.4, 0.5) is 0 Å². The van der Waals surface area contributed by atoms with Crippen LogP contribution in [0.3, 0.4) is 0 Å². The maximum absolute atomic E-state index is 12.4. The lowest BCUT2D eigenvalue weighted by Gasteiger charge is -2.11. The number of aromatic carboxylic acids is 1. The number of aliphatic hydroxyl groups is 1. The highest BCUT2D eigenvalue weighted by Crippen LogP contribution is 2.33. The van der Waals surface area contributed by atoms with E-state index in [-0.39, 0.29) is 17.5 Å². The number of carbonyl (C=O) groups is 3. The van der Waals surface area contributed by atoms with Crippen LogP contribution in [0.1, 0.15) is 43.6 Å². The number of nitrogens with zero attached hydrogens (tertiary/aromatic N) is 1. The Balaban J connectivity index is 2.36. The van der Waals surface area contributed by atoms with Crippen molar-refractivity contribution in [3.63, 3.8) is 0 Å². The molecule has 1 aliphatic rings. The highest BCUT2D eigenvalue weighted by Gasteiger charge is 2.36. The lowest BCUT2D eigenvalue weighted by Crippen LogP contribution is -2.24. The fourth-order valence-electron chi connectivity index (χ4n) is 2.97. The summed E-state index contributed by atoms with van der Waals surface area (Å²) in [5.74, 6) is -1.88. The standard InChI is InChI=1S/C17H15NO5/c1-8(19)5-11-7-10-6-9(17(22)23)3-4-12(10)14-13(11)15(20)18(2)16(14)21/h3-4,6-8,19H,5H2,1-2H3,(H,22,23). The molecule has 0 fully saturated rings. The van der Waals surface area contributed by atoms with Gasteiger partial charge in [-0.1, -0.05) is 12.1 Å². The number of hydrogen-bond acceptors (Lipinski definition) is 4. The fraction of sp³-hybridized carbons (Fsp3) is 0.235. The van der Waals surface area contributed by atoms with E-state index in [2.05, 4.69) is 0 Å². The van der Waals surface area contributed by atoms with Gasteiger partial charge in [0.1, 0.15) is 0 Å². The second-order valence-corrected chi connectivity index (χ2v) is 5.75. The molecule has 2 aromatic carbocycles. The van der Waals surface area contributed by atoms with E-state index in [4.69, 9.17) is 5.11 Å². The first kappa shape index (κ1) is 15.2. The Morgan fingerprint density at radius 2 is 1.83 bits per heavy atom. The molecule has 0 bridgehead atoms. The van der Waals surface area contributed by atoms with Crippen LogP contribution in [-0.2, 0) is 6.42 Å². The first-order valence-corrected chi connectivity index (χ1v) is 7.14. The molecule has 2 N–H and O–H groups in total. The van der Waals surface area contributed by atoms with Gasteiger partial charge in [-0.3, -0.25) is 14.5 Å². The van der Waals surface area contributed by atoms with E-state index in [0.717, 1.165) is 4.90 Å². The van der Waals surface area contributed by atoms with Crippen molar-refractivity contribution in [1.29, 1.82) is 0 Å². The molecule has 0 aromatic heterocycles. The monoisotopic (exact) mass is 313 g/mol. The van der Waals surface area contributed by atoms with Gasteiger partial charge in [0.05, 0.1) is 22.8 Å². The summed E-state index contributed by atoms with van der Waals surface area (Å²) < 4.78 is 0. The molecule has 23 heavy (non-hydrogen) atoms. The van der Waals surface area contributed by atoms with Crippen LogP contribution in [0.25, 0.3) is 10.8 Å². The number of aliphatic hydroxyl groups excluding tert-OH is 1. The molecule has 1 heterocycles. The number of carboxylic acid groups (broad SMARTS) is 1. The minimum absolute atomic E-state index is 0.102. The molecule has 1 aliphatic heterocycles. The lowest BCUT2D eigenvalue weighted by atomic mass is 9.92. The predicted molar refractivity (Wildman–Crippen MR) is 82.7 cm³/mol. The maximum atomic E-state index is 12.4. The third-order valence-corrected chi connectivity index (χ3v) is 4.02. The highest BCUT2D eigenvalue weighted by atomic mass is 16.4. The SMILES string of the molecule is CC(O)Cc1cc2cc(C(=O)O)ccc2c2c1C(=O)N(C)C2=O. The van der Waals surface area contributed by atoms with Crippen molar-refractivity contribution in [3.8, 4) is 0 Å². The molecule has 6 nitrogen and oxygen atoms in total. The third-order valence-electron chi connectivity index (χ3n) is 4.02. The van der Waals surface area contributed by atoms with Gasteiger partial charge in [-0.2, -0.15) is 0 Å². The largest absolute Gasteiger partial charge is 0.478 e. The van der Waals surface area contributed by atoms with Crippen LogP contribution >= 0.6 is 0 Å². The molecule has 1 atom stereocenters. The quantitative estimate of drug-likeness (QED) is 0.841. The molecule has 0 aliphatic carbocycles. The Kier molecular flexibility index (Phi) is 3.41. The zero-order valence-corrected chi connectivity index (χ0v) is 12.7. The average molecular weight is 313 g/mol. The number of carboxylic acids is 1. The topological polar surface area (TPSA) is 94.9 Å². The average Bonchev–Trinajstić information content (AvgIpc) is 2.71. The van der Waals surface area contributed by atoms with Crippen LogP contribution in [0.2, 0.25) is 0 Å². The van der Waals surface area contributed by atoms with Crippen molar-refractivity contribution in [2.24, 2.45) is 0 Å². The summed E-state index contributed by atoms with van der Waals surface area (Å²) in [5, 5.41) is 19.9. The van der Waals surface area contributed by atoms with E-state index >= 15 is 0 Å². The molecule has 2 aromatic rings. The zero-order chi connectivity index (χ0) is 16.9. The van der Waals surface area contributed by atoms with Crippen molar-refractivity contribution in [1.82, 2.24) is 4.90 Å². The molecule has 0 saturated carbocycles. The van der Waals surface area contributed by atoms with Gasteiger partial charge < -0.3 is 10.2 Å². The molecule has 0 spiro atoms. The summed E-state index contributed by atoms with van der Waals surface area (Å²) in [4.78, 5) is 36.9. The fourth-order valence-corrected chi connectivity index (χ4v) is 2.97. The molecule has 0 saturated heterocycles. The Morgan fingerprint density at radius 1 is 1.17 bits per heavy atom. The van der Waals surface area contributed by atoms with Gasteiger partial charge in [0.15, 0.2) is 0 Å². The van der Waals surface area contributed by atoms with Crippen molar-refractivity contribution < 1.29 is 24.6 Å². The molecule has 3 rings (SSSR count). The van der Waals surface area contributed by atoms with E-state index in [1.165, 1.54) is 19.2 Å². The van der Waals surface area contributed by atoms with E-state index in [1.54, 1.807) is 19.1 Å². The summed E-state index contributed by atoms with van der Waals surface area (Å²) in [6, 6.07) is 6.11. The highest BCUT2D eigenvalue weighted by molar-refractivity contribution is 6.27. The van der Waals surface area contributed by atoms with Crippen molar-refractivity contribution in [3.05, 3.63) is 46.5 Å². The van der Waals surface area contributed by atoms with Gasteiger partial charge in [0.2, 0.25) is 0 Å². The smallest absolute Gasteiger partial charge is 0.335 e. The van der Waals surface area contributed by atoms with Crippen LogP contribution < -0.4 is 0 Å². The van der Waals surface area contributed by atoms with Crippen LogP contribution in [-0.4, -0.2) is 46.0 Å².